The molecule has 1 rings (SSSR count). The molecule has 0 aromatic rings. The van der Waals surface area contributed by atoms with E-state index in [1.807, 2.05) is 0 Å². The third-order valence-electron chi connectivity index (χ3n) is 4.74. The number of rotatable bonds is 7. The van der Waals surface area contributed by atoms with Crippen LogP contribution >= 0.6 is 0 Å². The Morgan fingerprint density at radius 2 is 1.95 bits per heavy atom. The molecule has 3 nitrogen and oxygen atoms in total. The van der Waals surface area contributed by atoms with Gasteiger partial charge in [-0.05, 0) is 51.4 Å². The van der Waals surface area contributed by atoms with Crippen LogP contribution in [0.2, 0.25) is 0 Å². The summed E-state index contributed by atoms with van der Waals surface area (Å²) in [5, 5.41) is 3.55. The summed E-state index contributed by atoms with van der Waals surface area (Å²) < 4.78 is 0. The van der Waals surface area contributed by atoms with Gasteiger partial charge in [-0.25, -0.2) is 0 Å². The van der Waals surface area contributed by atoms with Gasteiger partial charge >= 0.3 is 0 Å². The maximum atomic E-state index is 3.55. The molecule has 0 spiro atoms. The van der Waals surface area contributed by atoms with Gasteiger partial charge < -0.3 is 10.2 Å². The third kappa shape index (κ3) is 5.41. The Morgan fingerprint density at radius 1 is 1.21 bits per heavy atom. The highest BCUT2D eigenvalue weighted by Crippen LogP contribution is 2.24. The highest BCUT2D eigenvalue weighted by Gasteiger charge is 2.29. The number of nitrogens with one attached hydrogen (secondary N) is 1. The Hall–Kier alpha value is -0.120. The van der Waals surface area contributed by atoms with Gasteiger partial charge in [0.25, 0.3) is 0 Å². The Bertz CT molecular complexity index is 244. The molecule has 19 heavy (non-hydrogen) atoms. The summed E-state index contributed by atoms with van der Waals surface area (Å²) >= 11 is 0. The van der Waals surface area contributed by atoms with E-state index in [0.29, 0.717) is 5.41 Å². The molecule has 0 bridgehead atoms. The average molecular weight is 269 g/mol. The topological polar surface area (TPSA) is 18.5 Å². The number of likely N-dealkylation sites (N-methyl/N-ethyl adjacent to an activating group) is 1. The molecule has 1 saturated heterocycles. The van der Waals surface area contributed by atoms with Crippen molar-refractivity contribution in [2.75, 3.05) is 46.3 Å². The van der Waals surface area contributed by atoms with Crippen LogP contribution in [0, 0.1) is 5.41 Å². The van der Waals surface area contributed by atoms with Gasteiger partial charge in [-0.1, -0.05) is 27.7 Å². The molecule has 0 radical (unpaired) electrons. The maximum absolute atomic E-state index is 3.55. The Morgan fingerprint density at radius 3 is 2.53 bits per heavy atom. The van der Waals surface area contributed by atoms with E-state index in [4.69, 9.17) is 0 Å². The third-order valence-corrected chi connectivity index (χ3v) is 4.74. The predicted octanol–water partition coefficient (Wildman–Crippen LogP) is 2.43. The zero-order chi connectivity index (χ0) is 14.3. The van der Waals surface area contributed by atoms with Crippen LogP contribution in [0.5, 0.6) is 0 Å². The maximum Gasteiger partial charge on any atom is 0.0220 e. The lowest BCUT2D eigenvalue weighted by atomic mass is 9.86. The van der Waals surface area contributed by atoms with Crippen LogP contribution in [0.3, 0.4) is 0 Å². The second-order valence-electron chi connectivity index (χ2n) is 6.59. The fourth-order valence-electron chi connectivity index (χ4n) is 3.10. The van der Waals surface area contributed by atoms with E-state index in [1.54, 1.807) is 0 Å². The van der Waals surface area contributed by atoms with Gasteiger partial charge in [0.15, 0.2) is 0 Å². The van der Waals surface area contributed by atoms with Crippen LogP contribution in [0.15, 0.2) is 0 Å². The Kier molecular flexibility index (Phi) is 7.33. The van der Waals surface area contributed by atoms with E-state index in [2.05, 4.69) is 49.9 Å². The molecule has 0 saturated carbocycles. The van der Waals surface area contributed by atoms with E-state index < -0.39 is 0 Å². The van der Waals surface area contributed by atoms with Crippen molar-refractivity contribution < 1.29 is 0 Å². The first-order valence-corrected chi connectivity index (χ1v) is 8.18. The lowest BCUT2D eigenvalue weighted by Gasteiger charge is -2.38. The highest BCUT2D eigenvalue weighted by molar-refractivity contribution is 4.85. The number of hydrogen-bond donors (Lipinski definition) is 1. The predicted molar refractivity (Wildman–Crippen MR) is 84.7 cm³/mol. The minimum atomic E-state index is 0.409. The molecule has 0 aromatic heterocycles. The van der Waals surface area contributed by atoms with E-state index in [1.165, 1.54) is 45.4 Å². The Balaban J connectivity index is 2.64. The summed E-state index contributed by atoms with van der Waals surface area (Å²) in [6.07, 6.45) is 3.84. The molecule has 1 aliphatic rings. The van der Waals surface area contributed by atoms with E-state index in [-0.39, 0.29) is 0 Å². The van der Waals surface area contributed by atoms with Crippen molar-refractivity contribution in [3.63, 3.8) is 0 Å². The normalized spacial score (nSPS) is 26.1. The van der Waals surface area contributed by atoms with Gasteiger partial charge in [0.2, 0.25) is 0 Å². The molecular formula is C16H35N3. The van der Waals surface area contributed by atoms with Crippen LogP contribution in [-0.4, -0.2) is 62.2 Å². The molecule has 1 heterocycles. The summed E-state index contributed by atoms with van der Waals surface area (Å²) in [5.41, 5.74) is 0.409. The summed E-state index contributed by atoms with van der Waals surface area (Å²) in [6.45, 7) is 16.5. The van der Waals surface area contributed by atoms with E-state index in [9.17, 15) is 0 Å². The van der Waals surface area contributed by atoms with Gasteiger partial charge in [-0.2, -0.15) is 0 Å². The fraction of sp³-hybridized carbons (Fsp3) is 1.00. The molecule has 3 heteroatoms. The largest absolute Gasteiger partial charge is 0.316 e. The summed E-state index contributed by atoms with van der Waals surface area (Å²) in [5.74, 6) is 0. The van der Waals surface area contributed by atoms with Crippen molar-refractivity contribution >= 4 is 0 Å². The highest BCUT2D eigenvalue weighted by atomic mass is 15.2. The quantitative estimate of drug-likeness (QED) is 0.766. The van der Waals surface area contributed by atoms with E-state index in [0.717, 1.165) is 19.1 Å². The second kappa shape index (κ2) is 8.23. The van der Waals surface area contributed by atoms with Crippen molar-refractivity contribution in [1.29, 1.82) is 0 Å². The summed E-state index contributed by atoms with van der Waals surface area (Å²) in [7, 11) is 2.27. The molecule has 2 unspecified atom stereocenters. The molecule has 114 valence electrons. The minimum Gasteiger partial charge on any atom is -0.316 e. The van der Waals surface area contributed by atoms with Crippen LogP contribution < -0.4 is 5.32 Å². The van der Waals surface area contributed by atoms with Gasteiger partial charge in [-0.15, -0.1) is 0 Å². The summed E-state index contributed by atoms with van der Waals surface area (Å²) in [6, 6.07) is 0.736. The number of nitrogens with zero attached hydrogens (tertiary/aromatic N) is 2. The molecule has 0 aliphatic carbocycles. The van der Waals surface area contributed by atoms with Gasteiger partial charge in [0, 0.05) is 25.7 Å². The van der Waals surface area contributed by atoms with Crippen molar-refractivity contribution in [3.05, 3.63) is 0 Å². The minimum absolute atomic E-state index is 0.409. The molecule has 0 amide bonds. The van der Waals surface area contributed by atoms with Crippen molar-refractivity contribution in [1.82, 2.24) is 15.1 Å². The number of hydrogen-bond acceptors (Lipinski definition) is 3. The average Bonchev–Trinajstić information content (AvgIpc) is 2.58. The molecule has 1 aliphatic heterocycles. The zero-order valence-corrected chi connectivity index (χ0v) is 13.8. The standard InChI is InChI=1S/C16H35N3/c1-6-15-12-18(5)10-9-11-19(15)14-16(4,7-2)13-17-8-3/h15,17H,6-14H2,1-5H3. The SMILES string of the molecule is CCNCC(C)(CC)CN1CCCN(C)CC1CC. The lowest BCUT2D eigenvalue weighted by molar-refractivity contribution is 0.110. The molecule has 1 fully saturated rings. The van der Waals surface area contributed by atoms with Crippen LogP contribution in [0.1, 0.15) is 47.0 Å². The van der Waals surface area contributed by atoms with Gasteiger partial charge in [-0.3, -0.25) is 4.90 Å². The smallest absolute Gasteiger partial charge is 0.0220 e. The fourth-order valence-corrected chi connectivity index (χ4v) is 3.10. The van der Waals surface area contributed by atoms with Gasteiger partial charge in [0.05, 0.1) is 0 Å². The van der Waals surface area contributed by atoms with Crippen LogP contribution in [0.4, 0.5) is 0 Å². The zero-order valence-electron chi connectivity index (χ0n) is 13.8. The Labute approximate surface area is 120 Å². The van der Waals surface area contributed by atoms with Crippen molar-refractivity contribution in [2.24, 2.45) is 5.41 Å². The lowest BCUT2D eigenvalue weighted by Crippen LogP contribution is -2.47. The molecule has 2 atom stereocenters. The first kappa shape index (κ1) is 16.9. The van der Waals surface area contributed by atoms with E-state index >= 15 is 0 Å². The second-order valence-corrected chi connectivity index (χ2v) is 6.59. The van der Waals surface area contributed by atoms with Crippen LogP contribution in [0.25, 0.3) is 0 Å². The monoisotopic (exact) mass is 269 g/mol. The first-order valence-electron chi connectivity index (χ1n) is 8.18. The van der Waals surface area contributed by atoms with Crippen LogP contribution in [-0.2, 0) is 0 Å². The van der Waals surface area contributed by atoms with Gasteiger partial charge in [0.1, 0.15) is 0 Å². The molecular weight excluding hydrogens is 234 g/mol. The molecule has 1 N–H and O–H groups in total. The van der Waals surface area contributed by atoms with Crippen molar-refractivity contribution in [3.8, 4) is 0 Å². The first-order chi connectivity index (χ1) is 9.04. The van der Waals surface area contributed by atoms with Crippen molar-refractivity contribution in [2.45, 2.75) is 53.0 Å². The summed E-state index contributed by atoms with van der Waals surface area (Å²) in [4.78, 5) is 5.26. The molecule has 0 aromatic carbocycles.